The second-order valence-electron chi connectivity index (χ2n) is 13.4. The number of rotatable bonds is 5. The van der Waals surface area contributed by atoms with Crippen molar-refractivity contribution in [2.75, 3.05) is 0 Å². The summed E-state index contributed by atoms with van der Waals surface area (Å²) in [6.45, 7) is 0. The lowest BCUT2D eigenvalue weighted by atomic mass is 10.0. The molecule has 3 heteroatoms. The lowest BCUT2D eigenvalue weighted by molar-refractivity contribution is 1.17. The standard InChI is InChI=1S/C54H35N3/c1-3-16-36(17-4-1)40-20-7-11-24-46(40)56-47-25-12-8-21-41(47)44-34-37(30-32-50(44)56)38-31-33-51-45(35-38)42-22-9-13-26-48(42)57(51)53-29-15-28-52-54(53)43-23-10-14-27-49(43)55(52)39-18-5-2-6-19-39/h1-35H/i2D,5D,6D,8D,9D,12D,13D,18D,19D,21D,22D,25D,26D,30D,31D,32D,33D,34D,35D. The summed E-state index contributed by atoms with van der Waals surface area (Å²) in [5, 5.41) is -0.0722. The van der Waals surface area contributed by atoms with Crippen LogP contribution in [0.3, 0.4) is 0 Å². The molecule has 3 aromatic heterocycles. The van der Waals surface area contributed by atoms with E-state index in [1.807, 2.05) is 30.3 Å². The molecule has 0 saturated carbocycles. The van der Waals surface area contributed by atoms with Crippen molar-refractivity contribution in [1.82, 2.24) is 13.7 Å². The summed E-state index contributed by atoms with van der Waals surface area (Å²) in [6.07, 6.45) is 0. The minimum atomic E-state index is -0.730. The van der Waals surface area contributed by atoms with Gasteiger partial charge in [0.15, 0.2) is 0 Å². The average molecular weight is 745 g/mol. The summed E-state index contributed by atoms with van der Waals surface area (Å²) in [6, 6.07) is 16.3. The smallest absolute Gasteiger partial charge is 0.0645 e. The Labute approximate surface area is 356 Å². The van der Waals surface area contributed by atoms with Gasteiger partial charge in [0.2, 0.25) is 0 Å². The molecular weight excluding hydrogens is 691 g/mol. The van der Waals surface area contributed by atoms with E-state index in [1.54, 1.807) is 66.7 Å². The molecule has 0 saturated heterocycles. The SMILES string of the molecule is [2H]c1c([2H])c([2H])c(-n2c3ccccc3c3c(-n4c5c([2H])c([2H])c([2H])c([2H])c5c5c([2H])c(-c6c([2H])c([2H])c7c(c6[2H])c6c([2H])c([2H])c([2H])c([2H])c6n7-c6ccccc6-c6ccccc6)c([2H])c([2H])c54)cccc32)c([2H])c1[2H]. The van der Waals surface area contributed by atoms with Crippen LogP contribution in [0.1, 0.15) is 26.0 Å². The highest BCUT2D eigenvalue weighted by Crippen LogP contribution is 2.42. The van der Waals surface area contributed by atoms with Crippen molar-refractivity contribution in [1.29, 1.82) is 0 Å². The number of nitrogens with zero attached hydrogens (tertiary/aromatic N) is 3. The van der Waals surface area contributed by atoms with E-state index in [9.17, 15) is 13.7 Å². The quantitative estimate of drug-likeness (QED) is 0.167. The van der Waals surface area contributed by atoms with Gasteiger partial charge in [0.25, 0.3) is 0 Å². The predicted octanol–water partition coefficient (Wildman–Crippen LogP) is 14.3. The molecule has 0 radical (unpaired) electrons. The predicted molar refractivity (Wildman–Crippen MR) is 240 cm³/mol. The summed E-state index contributed by atoms with van der Waals surface area (Å²) in [5.41, 5.74) is 0.668. The molecule has 0 unspecified atom stereocenters. The largest absolute Gasteiger partial charge is 0.309 e. The van der Waals surface area contributed by atoms with E-state index in [2.05, 4.69) is 0 Å². The van der Waals surface area contributed by atoms with Crippen molar-refractivity contribution in [3.8, 4) is 39.3 Å². The van der Waals surface area contributed by atoms with Crippen LogP contribution in [-0.2, 0) is 0 Å². The average Bonchev–Trinajstić information content (AvgIpc) is 4.22. The van der Waals surface area contributed by atoms with E-state index in [4.69, 9.17) is 12.3 Å². The van der Waals surface area contributed by atoms with Crippen LogP contribution in [0.2, 0.25) is 0 Å². The fourth-order valence-corrected chi connectivity index (χ4v) is 8.07. The van der Waals surface area contributed by atoms with Crippen molar-refractivity contribution in [2.24, 2.45) is 0 Å². The minimum absolute atomic E-state index is 0.0991. The Bertz CT molecular complexity index is 4600. The fourth-order valence-electron chi connectivity index (χ4n) is 8.07. The topological polar surface area (TPSA) is 14.8 Å². The maximum Gasteiger partial charge on any atom is 0.0645 e. The van der Waals surface area contributed by atoms with E-state index >= 15 is 0 Å². The Morgan fingerprint density at radius 2 is 0.860 bits per heavy atom. The molecule has 0 spiro atoms. The van der Waals surface area contributed by atoms with Crippen LogP contribution >= 0.6 is 0 Å². The first-order valence-corrected chi connectivity index (χ1v) is 18.1. The Balaban J connectivity index is 1.24. The van der Waals surface area contributed by atoms with E-state index in [0.29, 0.717) is 33.1 Å². The van der Waals surface area contributed by atoms with E-state index in [0.717, 1.165) is 5.56 Å². The molecule has 0 atom stereocenters. The number of fused-ring (bicyclic) bond motifs is 9. The molecule has 12 aromatic rings. The number of hydrogen-bond acceptors (Lipinski definition) is 0. The third-order valence-corrected chi connectivity index (χ3v) is 10.4. The lowest BCUT2D eigenvalue weighted by Crippen LogP contribution is -1.97. The van der Waals surface area contributed by atoms with Crippen molar-refractivity contribution in [3.05, 3.63) is 212 Å². The van der Waals surface area contributed by atoms with Gasteiger partial charge in [-0.3, -0.25) is 0 Å². The zero-order valence-electron chi connectivity index (χ0n) is 48.6. The van der Waals surface area contributed by atoms with E-state index < -0.39 is 126 Å². The highest BCUT2D eigenvalue weighted by molar-refractivity contribution is 6.17. The van der Waals surface area contributed by atoms with Gasteiger partial charge in [0.1, 0.15) is 0 Å². The molecule has 9 aromatic carbocycles. The van der Waals surface area contributed by atoms with Gasteiger partial charge in [0, 0.05) is 43.6 Å². The first kappa shape index (κ1) is 18.3. The van der Waals surface area contributed by atoms with E-state index in [1.165, 1.54) is 13.7 Å². The second kappa shape index (κ2) is 12.5. The Kier molecular flexibility index (Phi) is 4.01. The first-order valence-electron chi connectivity index (χ1n) is 27.6. The maximum atomic E-state index is 10.1. The van der Waals surface area contributed by atoms with Gasteiger partial charge in [-0.2, -0.15) is 0 Å². The van der Waals surface area contributed by atoms with Crippen molar-refractivity contribution in [3.63, 3.8) is 0 Å². The molecule has 3 heterocycles. The summed E-state index contributed by atoms with van der Waals surface area (Å²) in [4.78, 5) is 0. The molecule has 12 rings (SSSR count). The highest BCUT2D eigenvalue weighted by atomic mass is 15.0. The molecule has 0 amide bonds. The van der Waals surface area contributed by atoms with Gasteiger partial charge in [-0.05, 0) is 89.3 Å². The van der Waals surface area contributed by atoms with Gasteiger partial charge in [-0.15, -0.1) is 0 Å². The normalized spacial score (nSPS) is 16.5. The molecule has 0 N–H and O–H groups in total. The fraction of sp³-hybridized carbons (Fsp3) is 0. The van der Waals surface area contributed by atoms with Crippen molar-refractivity contribution in [2.45, 2.75) is 0 Å². The van der Waals surface area contributed by atoms with Gasteiger partial charge >= 0.3 is 0 Å². The summed E-state index contributed by atoms with van der Waals surface area (Å²) in [7, 11) is 0. The number of hydrogen-bond donors (Lipinski definition) is 0. The Morgan fingerprint density at radius 3 is 1.58 bits per heavy atom. The second-order valence-corrected chi connectivity index (χ2v) is 13.4. The van der Waals surface area contributed by atoms with Crippen LogP contribution in [0, 0.1) is 0 Å². The number of para-hydroxylation sites is 5. The van der Waals surface area contributed by atoms with Crippen LogP contribution in [-0.4, -0.2) is 13.7 Å². The summed E-state index contributed by atoms with van der Waals surface area (Å²) in [5.74, 6) is 0. The van der Waals surface area contributed by atoms with Crippen LogP contribution in [0.15, 0.2) is 212 Å². The van der Waals surface area contributed by atoms with Gasteiger partial charge < -0.3 is 13.7 Å². The van der Waals surface area contributed by atoms with Gasteiger partial charge in [-0.1, -0.05) is 139 Å². The molecule has 0 bridgehead atoms. The van der Waals surface area contributed by atoms with Crippen LogP contribution in [0.25, 0.3) is 105 Å². The molecule has 0 aliphatic rings. The monoisotopic (exact) mass is 744 g/mol. The zero-order valence-corrected chi connectivity index (χ0v) is 29.6. The van der Waals surface area contributed by atoms with Gasteiger partial charge in [0.05, 0.1) is 70.5 Å². The third kappa shape index (κ3) is 4.73. The van der Waals surface area contributed by atoms with Crippen molar-refractivity contribution < 1.29 is 26.0 Å². The zero-order chi connectivity index (χ0) is 54.0. The van der Waals surface area contributed by atoms with Gasteiger partial charge in [-0.25, -0.2) is 0 Å². The maximum absolute atomic E-state index is 10.1. The van der Waals surface area contributed by atoms with Crippen molar-refractivity contribution >= 4 is 65.4 Å². The first-order chi connectivity index (χ1) is 36.2. The molecule has 0 fully saturated rings. The third-order valence-electron chi connectivity index (χ3n) is 10.4. The lowest BCUT2D eigenvalue weighted by Gasteiger charge is -2.14. The highest BCUT2D eigenvalue weighted by Gasteiger charge is 2.21. The summed E-state index contributed by atoms with van der Waals surface area (Å²) >= 11 is 0. The number of aromatic nitrogens is 3. The molecule has 0 aliphatic heterocycles. The molecule has 3 nitrogen and oxygen atoms in total. The van der Waals surface area contributed by atoms with Crippen LogP contribution < -0.4 is 0 Å². The molecule has 57 heavy (non-hydrogen) atoms. The Hall–Kier alpha value is -7.62. The van der Waals surface area contributed by atoms with Crippen LogP contribution in [0.5, 0.6) is 0 Å². The Morgan fingerprint density at radius 1 is 0.316 bits per heavy atom. The van der Waals surface area contributed by atoms with E-state index in [-0.39, 0.29) is 55.0 Å². The summed E-state index contributed by atoms with van der Waals surface area (Å²) < 4.78 is 179. The molecule has 266 valence electrons. The molecular formula is C54H35N3. The number of benzene rings is 9. The minimum Gasteiger partial charge on any atom is -0.309 e. The van der Waals surface area contributed by atoms with Crippen LogP contribution in [0.4, 0.5) is 0 Å². The molecule has 0 aliphatic carbocycles.